The van der Waals surface area contributed by atoms with Crippen LogP contribution in [-0.4, -0.2) is 31.4 Å². The van der Waals surface area contributed by atoms with Gasteiger partial charge in [0.25, 0.3) is 0 Å². The summed E-state index contributed by atoms with van der Waals surface area (Å²) >= 11 is 3.58. The molecule has 0 saturated heterocycles. The van der Waals surface area contributed by atoms with Crippen molar-refractivity contribution < 1.29 is 0 Å². The second-order valence-corrected chi connectivity index (χ2v) is 7.78. The van der Waals surface area contributed by atoms with Crippen molar-refractivity contribution in [2.75, 3.05) is 6.54 Å². The number of hydrogen-bond donors (Lipinski definition) is 1. The Morgan fingerprint density at radius 3 is 2.93 bits per heavy atom. The smallest absolute Gasteiger partial charge is 0.159 e. The normalized spacial score (nSPS) is 14.4. The Balaban J connectivity index is 1.37. The van der Waals surface area contributed by atoms with E-state index >= 15 is 0 Å². The zero-order valence-electron chi connectivity index (χ0n) is 14.7. The molecule has 0 amide bonds. The summed E-state index contributed by atoms with van der Waals surface area (Å²) < 4.78 is 1.11. The molecule has 1 aliphatic heterocycles. The van der Waals surface area contributed by atoms with Crippen molar-refractivity contribution in [3.8, 4) is 11.4 Å². The number of nitrogens with zero attached hydrogens (tertiary/aromatic N) is 4. The van der Waals surface area contributed by atoms with Gasteiger partial charge in [-0.05, 0) is 35.9 Å². The summed E-state index contributed by atoms with van der Waals surface area (Å²) in [5, 5.41) is 1.28. The van der Waals surface area contributed by atoms with E-state index in [1.807, 2.05) is 18.3 Å². The first-order valence-corrected chi connectivity index (χ1v) is 9.78. The van der Waals surface area contributed by atoms with Crippen molar-refractivity contribution in [2.45, 2.75) is 19.5 Å². The van der Waals surface area contributed by atoms with E-state index in [2.05, 4.69) is 60.2 Å². The number of fused-ring (bicyclic) bond motifs is 2. The minimum absolute atomic E-state index is 0.783. The molecule has 1 N–H and O–H groups in total. The van der Waals surface area contributed by atoms with Gasteiger partial charge >= 0.3 is 0 Å². The highest BCUT2D eigenvalue weighted by Crippen LogP contribution is 2.26. The Morgan fingerprint density at radius 2 is 2.04 bits per heavy atom. The summed E-state index contributed by atoms with van der Waals surface area (Å²) in [6, 6.07) is 10.3. The van der Waals surface area contributed by atoms with E-state index in [-0.39, 0.29) is 0 Å². The highest BCUT2D eigenvalue weighted by molar-refractivity contribution is 9.10. The Morgan fingerprint density at radius 1 is 1.15 bits per heavy atom. The molecule has 3 aromatic heterocycles. The van der Waals surface area contributed by atoms with Crippen LogP contribution in [0.25, 0.3) is 22.3 Å². The van der Waals surface area contributed by atoms with Gasteiger partial charge in [-0.1, -0.05) is 15.9 Å². The summed E-state index contributed by atoms with van der Waals surface area (Å²) in [7, 11) is 0. The Labute approximate surface area is 165 Å². The molecule has 0 radical (unpaired) electrons. The summed E-state index contributed by atoms with van der Waals surface area (Å²) in [4.78, 5) is 19.3. The molecule has 1 aliphatic rings. The molecular weight excluding hydrogens is 402 g/mol. The molecule has 5 nitrogen and oxygen atoms in total. The molecule has 5 rings (SSSR count). The maximum Gasteiger partial charge on any atom is 0.159 e. The van der Waals surface area contributed by atoms with E-state index in [4.69, 9.17) is 4.98 Å². The lowest BCUT2D eigenvalue weighted by Gasteiger charge is -2.27. The summed E-state index contributed by atoms with van der Waals surface area (Å²) in [6.45, 7) is 2.80. The third-order valence-electron chi connectivity index (χ3n) is 5.07. The third kappa shape index (κ3) is 3.26. The van der Waals surface area contributed by atoms with Crippen molar-refractivity contribution in [2.24, 2.45) is 0 Å². The van der Waals surface area contributed by atoms with E-state index in [9.17, 15) is 0 Å². The molecule has 134 valence electrons. The van der Waals surface area contributed by atoms with Crippen LogP contribution in [0.2, 0.25) is 0 Å². The average molecular weight is 420 g/mol. The van der Waals surface area contributed by atoms with E-state index in [0.717, 1.165) is 47.6 Å². The van der Waals surface area contributed by atoms with Crippen molar-refractivity contribution in [1.29, 1.82) is 0 Å². The summed E-state index contributed by atoms with van der Waals surface area (Å²) in [5.41, 5.74) is 5.90. The van der Waals surface area contributed by atoms with Crippen LogP contribution in [0.5, 0.6) is 0 Å². The van der Waals surface area contributed by atoms with Crippen LogP contribution in [0, 0.1) is 0 Å². The fraction of sp³-hybridized carbons (Fsp3) is 0.190. The van der Waals surface area contributed by atoms with E-state index in [0.29, 0.717) is 0 Å². The van der Waals surface area contributed by atoms with Gasteiger partial charge in [-0.25, -0.2) is 9.97 Å². The number of rotatable bonds is 3. The third-order valence-corrected chi connectivity index (χ3v) is 5.57. The number of nitrogens with one attached hydrogen (secondary N) is 1. The number of aromatic nitrogens is 4. The lowest BCUT2D eigenvalue weighted by Crippen LogP contribution is -2.30. The van der Waals surface area contributed by atoms with Gasteiger partial charge in [-0.3, -0.25) is 9.88 Å². The van der Waals surface area contributed by atoms with Crippen LogP contribution >= 0.6 is 15.9 Å². The molecule has 0 saturated carbocycles. The molecule has 0 fully saturated rings. The largest absolute Gasteiger partial charge is 0.361 e. The van der Waals surface area contributed by atoms with Gasteiger partial charge in [0.05, 0.1) is 5.69 Å². The molecule has 4 aromatic rings. The summed E-state index contributed by atoms with van der Waals surface area (Å²) in [6.07, 6.45) is 8.60. The van der Waals surface area contributed by atoms with Crippen LogP contribution in [0.1, 0.15) is 16.8 Å². The van der Waals surface area contributed by atoms with Gasteiger partial charge in [0.1, 0.15) is 0 Å². The van der Waals surface area contributed by atoms with Crippen LogP contribution in [0.4, 0.5) is 0 Å². The molecule has 0 unspecified atom stereocenters. The number of H-pyrrole nitrogens is 1. The fourth-order valence-corrected chi connectivity index (χ4v) is 4.03. The van der Waals surface area contributed by atoms with Crippen LogP contribution in [0.15, 0.2) is 59.6 Å². The molecule has 0 atom stereocenters. The zero-order chi connectivity index (χ0) is 18.2. The quantitative estimate of drug-likeness (QED) is 0.536. The molecule has 4 heterocycles. The summed E-state index contributed by atoms with van der Waals surface area (Å²) in [5.74, 6) is 0.783. The lowest BCUT2D eigenvalue weighted by molar-refractivity contribution is 0.244. The van der Waals surface area contributed by atoms with Crippen molar-refractivity contribution in [1.82, 2.24) is 24.8 Å². The molecule has 6 heteroatoms. The molecule has 0 bridgehead atoms. The number of halogens is 1. The van der Waals surface area contributed by atoms with Gasteiger partial charge in [0, 0.05) is 77.3 Å². The Bertz CT molecular complexity index is 1110. The van der Waals surface area contributed by atoms with E-state index in [1.54, 1.807) is 12.4 Å². The predicted molar refractivity (Wildman–Crippen MR) is 109 cm³/mol. The first-order valence-electron chi connectivity index (χ1n) is 8.99. The second kappa shape index (κ2) is 6.87. The first-order chi connectivity index (χ1) is 13.3. The highest BCUT2D eigenvalue weighted by atomic mass is 79.9. The Kier molecular flexibility index (Phi) is 4.22. The number of pyridine rings is 1. The van der Waals surface area contributed by atoms with Crippen LogP contribution in [-0.2, 0) is 19.5 Å². The van der Waals surface area contributed by atoms with Crippen molar-refractivity contribution in [3.63, 3.8) is 0 Å². The second-order valence-electron chi connectivity index (χ2n) is 6.87. The van der Waals surface area contributed by atoms with Gasteiger partial charge in [0.15, 0.2) is 5.82 Å². The highest BCUT2D eigenvalue weighted by Gasteiger charge is 2.20. The number of hydrogen-bond acceptors (Lipinski definition) is 4. The number of aromatic amines is 1. The molecule has 1 aromatic carbocycles. The standard InChI is InChI=1S/C21H18BrN5/c22-17-1-2-20-18(9-17)15(10-24-20)12-27-8-5-19-16(13-27)11-25-21(26-19)14-3-6-23-7-4-14/h1-4,6-7,9-11,24H,5,8,12-13H2. The first kappa shape index (κ1) is 16.6. The minimum atomic E-state index is 0.783. The maximum atomic E-state index is 4.80. The molecule has 27 heavy (non-hydrogen) atoms. The van der Waals surface area contributed by atoms with Crippen molar-refractivity contribution >= 4 is 26.8 Å². The maximum absolute atomic E-state index is 4.80. The van der Waals surface area contributed by atoms with Gasteiger partial charge in [-0.2, -0.15) is 0 Å². The van der Waals surface area contributed by atoms with Crippen LogP contribution in [0.3, 0.4) is 0 Å². The zero-order valence-corrected chi connectivity index (χ0v) is 16.3. The average Bonchev–Trinajstić information content (AvgIpc) is 3.10. The fourth-order valence-electron chi connectivity index (χ4n) is 3.67. The SMILES string of the molecule is Brc1ccc2[nH]cc(CN3CCc4nc(-c5ccncc5)ncc4C3)c2c1. The van der Waals surface area contributed by atoms with Gasteiger partial charge < -0.3 is 4.98 Å². The molecule has 0 spiro atoms. The monoisotopic (exact) mass is 419 g/mol. The lowest BCUT2D eigenvalue weighted by atomic mass is 10.1. The topological polar surface area (TPSA) is 57.7 Å². The Hall–Kier alpha value is -2.57. The van der Waals surface area contributed by atoms with Gasteiger partial charge in [0.2, 0.25) is 0 Å². The van der Waals surface area contributed by atoms with Gasteiger partial charge in [-0.15, -0.1) is 0 Å². The number of benzene rings is 1. The van der Waals surface area contributed by atoms with E-state index in [1.165, 1.54) is 22.0 Å². The molecule has 0 aliphatic carbocycles. The van der Waals surface area contributed by atoms with Crippen molar-refractivity contribution in [3.05, 3.63) is 76.4 Å². The van der Waals surface area contributed by atoms with E-state index < -0.39 is 0 Å². The van der Waals surface area contributed by atoms with Crippen LogP contribution < -0.4 is 0 Å². The minimum Gasteiger partial charge on any atom is -0.361 e. The molecular formula is C21H18BrN5. The predicted octanol–water partition coefficient (Wildman–Crippen LogP) is 4.34.